The largest absolute Gasteiger partial charge is 0.469 e. The molecule has 1 aliphatic heterocycles. The van der Waals surface area contributed by atoms with Crippen molar-refractivity contribution in [3.05, 3.63) is 29.8 Å². The second-order valence-corrected chi connectivity index (χ2v) is 5.50. The molecule has 0 aromatic heterocycles. The highest BCUT2D eigenvalue weighted by atomic mass is 32.2. The minimum atomic E-state index is -0.128. The number of rotatable bonds is 5. The van der Waals surface area contributed by atoms with Crippen LogP contribution in [0.4, 0.5) is 0 Å². The van der Waals surface area contributed by atoms with Crippen LogP contribution in [-0.4, -0.2) is 25.4 Å². The van der Waals surface area contributed by atoms with Gasteiger partial charge >= 0.3 is 5.97 Å². The van der Waals surface area contributed by atoms with Gasteiger partial charge in [0.05, 0.1) is 7.11 Å². The van der Waals surface area contributed by atoms with E-state index in [0.717, 1.165) is 25.1 Å². The van der Waals surface area contributed by atoms with E-state index in [1.54, 1.807) is 0 Å². The van der Waals surface area contributed by atoms with E-state index in [1.165, 1.54) is 17.6 Å². The second-order valence-electron chi connectivity index (χ2n) is 4.36. The van der Waals surface area contributed by atoms with Gasteiger partial charge in [0.2, 0.25) is 0 Å². The molecule has 1 heterocycles. The highest BCUT2D eigenvalue weighted by Crippen LogP contribution is 2.35. The van der Waals surface area contributed by atoms with Crippen molar-refractivity contribution in [3.63, 3.8) is 0 Å². The van der Waals surface area contributed by atoms with Gasteiger partial charge in [0.1, 0.15) is 0 Å². The summed E-state index contributed by atoms with van der Waals surface area (Å²) < 4.78 is 4.63. The van der Waals surface area contributed by atoms with Gasteiger partial charge in [-0.05, 0) is 36.8 Å². The molecule has 1 aliphatic rings. The van der Waals surface area contributed by atoms with Crippen molar-refractivity contribution in [1.29, 1.82) is 0 Å². The Morgan fingerprint density at radius 2 is 2.33 bits per heavy atom. The number of hydrogen-bond donors (Lipinski definition) is 1. The Labute approximate surface area is 112 Å². The summed E-state index contributed by atoms with van der Waals surface area (Å²) in [6.07, 6.45) is 2.48. The van der Waals surface area contributed by atoms with E-state index in [0.29, 0.717) is 12.5 Å². The Balaban J connectivity index is 1.82. The lowest BCUT2D eigenvalue weighted by Gasteiger charge is -2.25. The zero-order chi connectivity index (χ0) is 12.8. The number of thioether (sulfide) groups is 1. The third-order valence-corrected chi connectivity index (χ3v) is 4.26. The van der Waals surface area contributed by atoms with Crippen molar-refractivity contribution < 1.29 is 9.53 Å². The average Bonchev–Trinajstić information content (AvgIpc) is 2.43. The quantitative estimate of drug-likeness (QED) is 0.656. The summed E-state index contributed by atoms with van der Waals surface area (Å²) >= 11 is 1.93. The molecular weight excluding hydrogens is 246 g/mol. The van der Waals surface area contributed by atoms with Gasteiger partial charge in [0.15, 0.2) is 0 Å². The summed E-state index contributed by atoms with van der Waals surface area (Å²) in [5.74, 6) is 1.03. The number of esters is 1. The number of nitrogens with one attached hydrogen (secondary N) is 1. The lowest BCUT2D eigenvalue weighted by molar-refractivity contribution is -0.140. The maximum atomic E-state index is 11.0. The van der Waals surface area contributed by atoms with Gasteiger partial charge in [-0.1, -0.05) is 18.2 Å². The molecule has 0 spiro atoms. The van der Waals surface area contributed by atoms with Gasteiger partial charge in [-0.25, -0.2) is 0 Å². The van der Waals surface area contributed by atoms with Crippen LogP contribution in [0.5, 0.6) is 0 Å². The Morgan fingerprint density at radius 3 is 3.17 bits per heavy atom. The summed E-state index contributed by atoms with van der Waals surface area (Å²) in [7, 11) is 1.43. The van der Waals surface area contributed by atoms with Gasteiger partial charge in [0, 0.05) is 17.4 Å². The normalized spacial score (nSPS) is 18.2. The molecule has 1 aromatic rings. The van der Waals surface area contributed by atoms with Gasteiger partial charge in [-0.15, -0.1) is 11.8 Å². The van der Waals surface area contributed by atoms with E-state index in [2.05, 4.69) is 34.3 Å². The molecule has 1 unspecified atom stereocenters. The van der Waals surface area contributed by atoms with E-state index in [1.807, 2.05) is 11.8 Å². The van der Waals surface area contributed by atoms with E-state index in [9.17, 15) is 4.79 Å². The Hall–Kier alpha value is -1.00. The van der Waals surface area contributed by atoms with E-state index in [-0.39, 0.29) is 5.97 Å². The van der Waals surface area contributed by atoms with E-state index in [4.69, 9.17) is 0 Å². The third-order valence-electron chi connectivity index (χ3n) is 3.13. The van der Waals surface area contributed by atoms with Gasteiger partial charge < -0.3 is 10.1 Å². The lowest BCUT2D eigenvalue weighted by Crippen LogP contribution is -2.25. The second kappa shape index (κ2) is 6.81. The minimum absolute atomic E-state index is 0.128. The monoisotopic (exact) mass is 265 g/mol. The number of methoxy groups -OCH3 is 1. The molecule has 0 saturated heterocycles. The van der Waals surface area contributed by atoms with Crippen LogP contribution in [0.1, 0.15) is 30.9 Å². The lowest BCUT2D eigenvalue weighted by atomic mass is 10.0. The highest BCUT2D eigenvalue weighted by molar-refractivity contribution is 7.99. The molecule has 4 heteroatoms. The summed E-state index contributed by atoms with van der Waals surface area (Å²) in [5.41, 5.74) is 1.40. The fraction of sp³-hybridized carbons (Fsp3) is 0.500. The maximum absolute atomic E-state index is 11.0. The predicted octanol–water partition coefficient (Wildman–Crippen LogP) is 2.77. The van der Waals surface area contributed by atoms with Crippen LogP contribution in [0.25, 0.3) is 0 Å². The topological polar surface area (TPSA) is 38.3 Å². The van der Waals surface area contributed by atoms with Crippen molar-refractivity contribution in [2.45, 2.75) is 30.2 Å². The molecule has 2 rings (SSSR count). The van der Waals surface area contributed by atoms with Crippen molar-refractivity contribution in [2.75, 3.05) is 19.4 Å². The predicted molar refractivity (Wildman–Crippen MR) is 73.8 cm³/mol. The Bertz CT molecular complexity index is 409. The summed E-state index contributed by atoms with van der Waals surface area (Å²) in [5, 5.41) is 3.54. The molecule has 1 aromatic carbocycles. The van der Waals surface area contributed by atoms with E-state index < -0.39 is 0 Å². The van der Waals surface area contributed by atoms with Crippen molar-refractivity contribution in [1.82, 2.24) is 5.32 Å². The van der Waals surface area contributed by atoms with Crippen LogP contribution in [0.3, 0.4) is 0 Å². The van der Waals surface area contributed by atoms with Gasteiger partial charge in [-0.3, -0.25) is 4.79 Å². The van der Waals surface area contributed by atoms with E-state index >= 15 is 0 Å². The van der Waals surface area contributed by atoms with Crippen LogP contribution >= 0.6 is 11.8 Å². The first-order valence-corrected chi connectivity index (χ1v) is 7.31. The summed E-state index contributed by atoms with van der Waals surface area (Å²) in [6, 6.07) is 8.99. The number of benzene rings is 1. The molecule has 0 saturated carbocycles. The van der Waals surface area contributed by atoms with Gasteiger partial charge in [0.25, 0.3) is 0 Å². The Morgan fingerprint density at radius 1 is 1.50 bits per heavy atom. The number of hydrogen-bond acceptors (Lipinski definition) is 4. The molecular formula is C14H19NO2S. The molecule has 18 heavy (non-hydrogen) atoms. The van der Waals surface area contributed by atoms with Crippen molar-refractivity contribution in [3.8, 4) is 0 Å². The Kier molecular flexibility index (Phi) is 5.08. The molecule has 0 fully saturated rings. The SMILES string of the molecule is COC(=O)CCCNC1CCSc2ccccc21. The first kappa shape index (κ1) is 13.4. The fourth-order valence-corrected chi connectivity index (χ4v) is 3.29. The van der Waals surface area contributed by atoms with Crippen molar-refractivity contribution >= 4 is 17.7 Å². The van der Waals surface area contributed by atoms with Crippen molar-refractivity contribution in [2.24, 2.45) is 0 Å². The standard InChI is InChI=1S/C14H19NO2S/c1-17-14(16)7-4-9-15-12-8-10-18-13-6-3-2-5-11(12)13/h2-3,5-6,12,15H,4,7-10H2,1H3. The smallest absolute Gasteiger partial charge is 0.305 e. The summed E-state index contributed by atoms with van der Waals surface area (Å²) in [6.45, 7) is 0.860. The molecule has 1 N–H and O–H groups in total. The van der Waals surface area contributed by atoms with Crippen LogP contribution in [0.2, 0.25) is 0 Å². The molecule has 1 atom stereocenters. The average molecular weight is 265 g/mol. The maximum Gasteiger partial charge on any atom is 0.305 e. The molecule has 0 aliphatic carbocycles. The van der Waals surface area contributed by atoms with Crippen LogP contribution in [-0.2, 0) is 9.53 Å². The summed E-state index contributed by atoms with van der Waals surface area (Å²) in [4.78, 5) is 12.4. The first-order chi connectivity index (χ1) is 8.81. The van der Waals surface area contributed by atoms with Gasteiger partial charge in [-0.2, -0.15) is 0 Å². The minimum Gasteiger partial charge on any atom is -0.469 e. The molecule has 0 radical (unpaired) electrons. The molecule has 0 amide bonds. The zero-order valence-corrected chi connectivity index (χ0v) is 11.5. The highest BCUT2D eigenvalue weighted by Gasteiger charge is 2.19. The van der Waals surface area contributed by atoms with Crippen LogP contribution in [0.15, 0.2) is 29.2 Å². The molecule has 98 valence electrons. The third kappa shape index (κ3) is 3.50. The molecule has 3 nitrogen and oxygen atoms in total. The first-order valence-electron chi connectivity index (χ1n) is 6.33. The van der Waals surface area contributed by atoms with Crippen LogP contribution in [0, 0.1) is 0 Å². The fourth-order valence-electron chi connectivity index (χ4n) is 2.17. The number of carbonyl (C=O) groups excluding carboxylic acids is 1. The number of ether oxygens (including phenoxy) is 1. The number of fused-ring (bicyclic) bond motifs is 1. The number of carbonyl (C=O) groups is 1. The zero-order valence-electron chi connectivity index (χ0n) is 10.6. The molecule has 0 bridgehead atoms. The van der Waals surface area contributed by atoms with Crippen LogP contribution < -0.4 is 5.32 Å².